The highest BCUT2D eigenvalue weighted by atomic mass is 16.4. The number of carboxylic acids is 1. The first kappa shape index (κ1) is 13.5. The molecule has 1 aliphatic carbocycles. The van der Waals surface area contributed by atoms with E-state index in [0.29, 0.717) is 25.4 Å². The van der Waals surface area contributed by atoms with Crippen LogP contribution in [0.5, 0.6) is 0 Å². The van der Waals surface area contributed by atoms with Gasteiger partial charge < -0.3 is 10.4 Å². The van der Waals surface area contributed by atoms with Crippen molar-refractivity contribution in [2.24, 2.45) is 11.3 Å². The number of rotatable bonds is 7. The van der Waals surface area contributed by atoms with Gasteiger partial charge in [-0.2, -0.15) is 0 Å². The molecule has 0 heterocycles. The van der Waals surface area contributed by atoms with E-state index >= 15 is 0 Å². The predicted octanol–water partition coefficient (Wildman–Crippen LogP) is 2.66. The van der Waals surface area contributed by atoms with Gasteiger partial charge in [-0.1, -0.05) is 27.2 Å². The maximum absolute atomic E-state index is 11.3. The highest BCUT2D eigenvalue weighted by molar-refractivity contribution is 5.74. The fourth-order valence-electron chi connectivity index (χ4n) is 2.53. The molecule has 3 heteroatoms. The molecule has 2 N–H and O–H groups in total. The zero-order chi connectivity index (χ0) is 12.2. The van der Waals surface area contributed by atoms with E-state index in [1.54, 1.807) is 0 Å². The van der Waals surface area contributed by atoms with E-state index in [-0.39, 0.29) is 0 Å². The monoisotopic (exact) mass is 227 g/mol. The standard InChI is InChI=1S/C13H25NO2/c1-4-10-7-8-11(10)14-9-13(5-2,6-3)12(15)16/h10-11,14H,4-9H2,1-3H3,(H,15,16). The Hall–Kier alpha value is -0.570. The SMILES string of the molecule is CCC1CCC1NCC(CC)(CC)C(=O)O. The highest BCUT2D eigenvalue weighted by Crippen LogP contribution is 2.32. The summed E-state index contributed by atoms with van der Waals surface area (Å²) in [4.78, 5) is 11.3. The maximum Gasteiger partial charge on any atom is 0.310 e. The molecule has 0 aromatic carbocycles. The molecule has 1 rings (SSSR count). The number of carboxylic acid groups (broad SMARTS) is 1. The Kier molecular flexibility index (Phi) is 4.78. The summed E-state index contributed by atoms with van der Waals surface area (Å²) in [6.07, 6.45) is 5.12. The molecule has 3 nitrogen and oxygen atoms in total. The summed E-state index contributed by atoms with van der Waals surface area (Å²) in [7, 11) is 0. The summed E-state index contributed by atoms with van der Waals surface area (Å²) in [5.41, 5.74) is -0.562. The van der Waals surface area contributed by atoms with E-state index in [0.717, 1.165) is 5.92 Å². The van der Waals surface area contributed by atoms with Crippen molar-refractivity contribution in [2.45, 2.75) is 58.9 Å². The number of hydrogen-bond donors (Lipinski definition) is 2. The Morgan fingerprint density at radius 2 is 1.94 bits per heavy atom. The lowest BCUT2D eigenvalue weighted by molar-refractivity contribution is -0.149. The first-order valence-corrected chi connectivity index (χ1v) is 6.56. The molecule has 2 unspecified atom stereocenters. The maximum atomic E-state index is 11.3. The molecule has 0 saturated heterocycles. The molecule has 0 aromatic rings. The van der Waals surface area contributed by atoms with Crippen LogP contribution in [-0.4, -0.2) is 23.7 Å². The van der Waals surface area contributed by atoms with E-state index in [1.807, 2.05) is 13.8 Å². The quantitative estimate of drug-likeness (QED) is 0.703. The Morgan fingerprint density at radius 1 is 1.31 bits per heavy atom. The van der Waals surface area contributed by atoms with Gasteiger partial charge in [0.25, 0.3) is 0 Å². The minimum absolute atomic E-state index is 0.557. The average molecular weight is 227 g/mol. The second kappa shape index (κ2) is 5.67. The molecular weight excluding hydrogens is 202 g/mol. The second-order valence-electron chi connectivity index (χ2n) is 5.03. The van der Waals surface area contributed by atoms with Crippen molar-refractivity contribution in [1.82, 2.24) is 5.32 Å². The third-order valence-electron chi connectivity index (χ3n) is 4.45. The van der Waals surface area contributed by atoms with Crippen LogP contribution in [0.15, 0.2) is 0 Å². The second-order valence-corrected chi connectivity index (χ2v) is 5.03. The lowest BCUT2D eigenvalue weighted by Gasteiger charge is -2.39. The zero-order valence-electron chi connectivity index (χ0n) is 10.8. The Balaban J connectivity index is 2.47. The largest absolute Gasteiger partial charge is 0.481 e. The van der Waals surface area contributed by atoms with Crippen molar-refractivity contribution in [1.29, 1.82) is 0 Å². The van der Waals surface area contributed by atoms with Crippen molar-refractivity contribution in [3.05, 3.63) is 0 Å². The van der Waals surface area contributed by atoms with E-state index in [1.165, 1.54) is 19.3 Å². The molecule has 2 atom stereocenters. The molecule has 0 spiro atoms. The molecule has 0 aliphatic heterocycles. The smallest absolute Gasteiger partial charge is 0.310 e. The van der Waals surface area contributed by atoms with Crippen LogP contribution in [0.25, 0.3) is 0 Å². The summed E-state index contributed by atoms with van der Waals surface area (Å²) in [5.74, 6) is 0.109. The molecular formula is C13H25NO2. The van der Waals surface area contributed by atoms with E-state index in [9.17, 15) is 9.90 Å². The predicted molar refractivity (Wildman–Crippen MR) is 65.5 cm³/mol. The Labute approximate surface area is 98.6 Å². The van der Waals surface area contributed by atoms with Crippen molar-refractivity contribution in [3.63, 3.8) is 0 Å². The lowest BCUT2D eigenvalue weighted by Crippen LogP contribution is -2.50. The molecule has 16 heavy (non-hydrogen) atoms. The summed E-state index contributed by atoms with van der Waals surface area (Å²) in [5, 5.41) is 12.8. The van der Waals surface area contributed by atoms with Crippen LogP contribution in [0.1, 0.15) is 52.9 Å². The van der Waals surface area contributed by atoms with Crippen molar-refractivity contribution in [3.8, 4) is 0 Å². The van der Waals surface area contributed by atoms with E-state index < -0.39 is 11.4 Å². The number of aliphatic carboxylic acids is 1. The highest BCUT2D eigenvalue weighted by Gasteiger charge is 2.37. The lowest BCUT2D eigenvalue weighted by atomic mass is 9.76. The minimum Gasteiger partial charge on any atom is -0.481 e. The fourth-order valence-corrected chi connectivity index (χ4v) is 2.53. The topological polar surface area (TPSA) is 49.3 Å². The van der Waals surface area contributed by atoms with Crippen LogP contribution in [0.3, 0.4) is 0 Å². The van der Waals surface area contributed by atoms with Crippen LogP contribution in [0.4, 0.5) is 0 Å². The molecule has 94 valence electrons. The van der Waals surface area contributed by atoms with Crippen LogP contribution < -0.4 is 5.32 Å². The van der Waals surface area contributed by atoms with E-state index in [2.05, 4.69) is 12.2 Å². The Morgan fingerprint density at radius 3 is 2.25 bits per heavy atom. The first-order valence-electron chi connectivity index (χ1n) is 6.56. The van der Waals surface area contributed by atoms with Gasteiger partial charge in [0.1, 0.15) is 0 Å². The first-order chi connectivity index (χ1) is 7.59. The van der Waals surface area contributed by atoms with Gasteiger partial charge in [-0.3, -0.25) is 4.79 Å². The summed E-state index contributed by atoms with van der Waals surface area (Å²) >= 11 is 0. The van der Waals surface area contributed by atoms with Gasteiger partial charge in [0.2, 0.25) is 0 Å². The van der Waals surface area contributed by atoms with Crippen LogP contribution in [0.2, 0.25) is 0 Å². The van der Waals surface area contributed by atoms with Gasteiger partial charge in [0, 0.05) is 12.6 Å². The third-order valence-corrected chi connectivity index (χ3v) is 4.45. The summed E-state index contributed by atoms with van der Waals surface area (Å²) in [6, 6.07) is 0.557. The molecule has 0 amide bonds. The number of carbonyl (C=O) groups is 1. The average Bonchev–Trinajstić information content (AvgIpc) is 2.23. The molecule has 0 bridgehead atoms. The van der Waals surface area contributed by atoms with Crippen molar-refractivity contribution >= 4 is 5.97 Å². The third kappa shape index (κ3) is 2.57. The van der Waals surface area contributed by atoms with Gasteiger partial charge in [-0.05, 0) is 31.6 Å². The number of hydrogen-bond acceptors (Lipinski definition) is 2. The van der Waals surface area contributed by atoms with Crippen LogP contribution >= 0.6 is 0 Å². The molecule has 1 aliphatic rings. The van der Waals surface area contributed by atoms with Crippen LogP contribution in [0, 0.1) is 11.3 Å². The molecule has 0 radical (unpaired) electrons. The number of nitrogens with one attached hydrogen (secondary N) is 1. The van der Waals surface area contributed by atoms with Crippen LogP contribution in [-0.2, 0) is 4.79 Å². The Bertz CT molecular complexity index is 234. The van der Waals surface area contributed by atoms with Gasteiger partial charge in [-0.15, -0.1) is 0 Å². The van der Waals surface area contributed by atoms with E-state index in [4.69, 9.17) is 0 Å². The normalized spacial score (nSPS) is 25.2. The summed E-state index contributed by atoms with van der Waals surface area (Å²) < 4.78 is 0. The van der Waals surface area contributed by atoms with Gasteiger partial charge in [0.15, 0.2) is 0 Å². The van der Waals surface area contributed by atoms with Gasteiger partial charge in [0.05, 0.1) is 5.41 Å². The zero-order valence-corrected chi connectivity index (χ0v) is 10.8. The molecule has 1 fully saturated rings. The van der Waals surface area contributed by atoms with Gasteiger partial charge in [-0.25, -0.2) is 0 Å². The summed E-state index contributed by atoms with van der Waals surface area (Å²) in [6.45, 7) is 6.77. The molecule has 1 saturated carbocycles. The van der Waals surface area contributed by atoms with Gasteiger partial charge >= 0.3 is 5.97 Å². The minimum atomic E-state index is -0.655. The van der Waals surface area contributed by atoms with Crippen molar-refractivity contribution in [2.75, 3.05) is 6.54 Å². The fraction of sp³-hybridized carbons (Fsp3) is 0.923. The van der Waals surface area contributed by atoms with Crippen molar-refractivity contribution < 1.29 is 9.90 Å². The molecule has 0 aromatic heterocycles.